The standard InChI is InChI=1S/C25H28F2N4O2S/c1-15(7-8-25(2,26)27)33-21-11-17(5-6-19(21)24(29)32)20-10-18(12-30-23(20)28)22-9-16(14-34-22)13-31(3)4/h5-12,14-15H,13H2,1-4H3,(H2,28,30)(H2,29,32)/b8-7-. The van der Waals surface area contributed by atoms with Crippen molar-refractivity contribution < 1.29 is 18.3 Å². The van der Waals surface area contributed by atoms with Crippen molar-refractivity contribution in [1.29, 1.82) is 0 Å². The Balaban J connectivity index is 1.97. The van der Waals surface area contributed by atoms with Crippen LogP contribution in [0.3, 0.4) is 0 Å². The van der Waals surface area contributed by atoms with Gasteiger partial charge in [0.25, 0.3) is 11.8 Å². The molecule has 9 heteroatoms. The Hall–Kier alpha value is -3.30. The lowest BCUT2D eigenvalue weighted by Crippen LogP contribution is -2.17. The topological polar surface area (TPSA) is 94.5 Å². The second-order valence-electron chi connectivity index (χ2n) is 8.43. The number of benzene rings is 1. The lowest BCUT2D eigenvalue weighted by molar-refractivity contribution is 0.0759. The third-order valence-electron chi connectivity index (χ3n) is 4.89. The second kappa shape index (κ2) is 10.3. The fourth-order valence-electron chi connectivity index (χ4n) is 3.35. The summed E-state index contributed by atoms with van der Waals surface area (Å²) in [4.78, 5) is 19.4. The van der Waals surface area contributed by atoms with Gasteiger partial charge in [0.15, 0.2) is 0 Å². The molecular weight excluding hydrogens is 458 g/mol. The largest absolute Gasteiger partial charge is 0.486 e. The van der Waals surface area contributed by atoms with E-state index in [-0.39, 0.29) is 11.3 Å². The van der Waals surface area contributed by atoms with Gasteiger partial charge in [-0.2, -0.15) is 0 Å². The fourth-order valence-corrected chi connectivity index (χ4v) is 4.24. The first-order chi connectivity index (χ1) is 15.9. The molecule has 0 aliphatic carbocycles. The number of nitrogen functional groups attached to an aromatic ring is 1. The van der Waals surface area contributed by atoms with Crippen LogP contribution in [0.5, 0.6) is 5.75 Å². The fraction of sp³-hybridized carbons (Fsp3) is 0.280. The summed E-state index contributed by atoms with van der Waals surface area (Å²) >= 11 is 1.62. The van der Waals surface area contributed by atoms with Crippen molar-refractivity contribution in [2.24, 2.45) is 5.73 Å². The molecular formula is C25H28F2N4O2S. The number of alkyl halides is 2. The number of hydrogen-bond donors (Lipinski definition) is 2. The Kier molecular flexibility index (Phi) is 7.68. The zero-order chi connectivity index (χ0) is 25.0. The van der Waals surface area contributed by atoms with Crippen LogP contribution >= 0.6 is 11.3 Å². The van der Waals surface area contributed by atoms with E-state index in [0.29, 0.717) is 16.9 Å². The number of allylic oxidation sites excluding steroid dienone is 1. The van der Waals surface area contributed by atoms with Crippen LogP contribution in [-0.2, 0) is 6.54 Å². The van der Waals surface area contributed by atoms with E-state index in [4.69, 9.17) is 16.2 Å². The van der Waals surface area contributed by atoms with Crippen LogP contribution in [0, 0.1) is 0 Å². The first-order valence-corrected chi connectivity index (χ1v) is 11.5. The van der Waals surface area contributed by atoms with E-state index in [1.165, 1.54) is 17.7 Å². The van der Waals surface area contributed by atoms with Crippen molar-refractivity contribution in [1.82, 2.24) is 9.88 Å². The van der Waals surface area contributed by atoms with Crippen molar-refractivity contribution in [2.75, 3.05) is 19.8 Å². The number of aromatic nitrogens is 1. The van der Waals surface area contributed by atoms with Crippen LogP contribution in [0.2, 0.25) is 0 Å². The highest BCUT2D eigenvalue weighted by Crippen LogP contribution is 2.35. The molecule has 2 aromatic heterocycles. The number of amides is 1. The molecule has 0 aliphatic rings. The highest BCUT2D eigenvalue weighted by Gasteiger charge is 2.18. The molecule has 1 unspecified atom stereocenters. The Labute approximate surface area is 201 Å². The van der Waals surface area contributed by atoms with E-state index in [9.17, 15) is 13.6 Å². The number of anilines is 1. The molecule has 3 aromatic rings. The highest BCUT2D eigenvalue weighted by molar-refractivity contribution is 7.13. The van der Waals surface area contributed by atoms with Crippen LogP contribution in [-0.4, -0.2) is 41.9 Å². The number of thiophene rings is 1. The summed E-state index contributed by atoms with van der Waals surface area (Å²) in [5, 5.41) is 2.10. The van der Waals surface area contributed by atoms with Crippen molar-refractivity contribution in [3.05, 3.63) is 65.2 Å². The number of halogens is 2. The molecule has 0 saturated carbocycles. The molecule has 3 rings (SSSR count). The molecule has 0 spiro atoms. The lowest BCUT2D eigenvalue weighted by atomic mass is 10.0. The molecule has 2 heterocycles. The Bertz CT molecular complexity index is 1200. The minimum atomic E-state index is -2.97. The van der Waals surface area contributed by atoms with Gasteiger partial charge in [-0.3, -0.25) is 4.79 Å². The van der Waals surface area contributed by atoms with Gasteiger partial charge >= 0.3 is 0 Å². The zero-order valence-corrected chi connectivity index (χ0v) is 20.3. The molecule has 6 nitrogen and oxygen atoms in total. The van der Waals surface area contributed by atoms with Gasteiger partial charge in [0.05, 0.1) is 5.56 Å². The van der Waals surface area contributed by atoms with Gasteiger partial charge in [-0.05, 0) is 73.9 Å². The predicted molar refractivity (Wildman–Crippen MR) is 133 cm³/mol. The molecule has 180 valence electrons. The van der Waals surface area contributed by atoms with Crippen molar-refractivity contribution in [3.63, 3.8) is 0 Å². The smallest absolute Gasteiger partial charge is 0.263 e. The summed E-state index contributed by atoms with van der Waals surface area (Å²) in [6.07, 6.45) is 2.98. The summed E-state index contributed by atoms with van der Waals surface area (Å²) in [5.41, 5.74) is 15.2. The minimum absolute atomic E-state index is 0.140. The summed E-state index contributed by atoms with van der Waals surface area (Å²) in [6.45, 7) is 3.21. The molecule has 0 radical (unpaired) electrons. The highest BCUT2D eigenvalue weighted by atomic mass is 32.1. The molecule has 0 bridgehead atoms. The zero-order valence-electron chi connectivity index (χ0n) is 19.5. The summed E-state index contributed by atoms with van der Waals surface area (Å²) < 4.78 is 32.1. The number of carbonyl (C=O) groups excluding carboxylic acids is 1. The molecule has 0 saturated heterocycles. The monoisotopic (exact) mass is 486 g/mol. The van der Waals surface area contributed by atoms with E-state index < -0.39 is 17.9 Å². The Morgan fingerprint density at radius 1 is 1.26 bits per heavy atom. The molecule has 0 aliphatic heterocycles. The number of hydrogen-bond acceptors (Lipinski definition) is 6. The Morgan fingerprint density at radius 3 is 2.65 bits per heavy atom. The number of ether oxygens (including phenoxy) is 1. The molecule has 1 aromatic carbocycles. The van der Waals surface area contributed by atoms with Crippen molar-refractivity contribution in [2.45, 2.75) is 32.4 Å². The average Bonchev–Trinajstić information content (AvgIpc) is 3.19. The SMILES string of the molecule is CC(/C=C\C(C)(F)F)Oc1cc(-c2cc(-c3cc(CN(C)C)cs3)cnc2N)ccc1C(N)=O. The van der Waals surface area contributed by atoms with Crippen LogP contribution in [0.15, 0.2) is 54.1 Å². The predicted octanol–water partition coefficient (Wildman–Crippen LogP) is 5.20. The van der Waals surface area contributed by atoms with E-state index in [2.05, 4.69) is 21.3 Å². The van der Waals surface area contributed by atoms with Crippen LogP contribution < -0.4 is 16.2 Å². The van der Waals surface area contributed by atoms with Crippen molar-refractivity contribution >= 4 is 23.1 Å². The van der Waals surface area contributed by atoms with E-state index in [0.717, 1.165) is 30.0 Å². The quantitative estimate of drug-likeness (QED) is 0.406. The number of nitrogens with two attached hydrogens (primary N) is 2. The molecule has 0 fully saturated rings. The number of carbonyl (C=O) groups is 1. The first kappa shape index (κ1) is 25.3. The second-order valence-corrected chi connectivity index (χ2v) is 9.34. The van der Waals surface area contributed by atoms with E-state index >= 15 is 0 Å². The van der Waals surface area contributed by atoms with Gasteiger partial charge in [-0.25, -0.2) is 13.8 Å². The molecule has 1 amide bonds. The van der Waals surface area contributed by atoms with Gasteiger partial charge in [0.1, 0.15) is 17.7 Å². The maximum atomic E-state index is 13.2. The molecule has 1 atom stereocenters. The number of pyridine rings is 1. The van der Waals surface area contributed by atoms with Crippen molar-refractivity contribution in [3.8, 4) is 27.3 Å². The first-order valence-electron chi connectivity index (χ1n) is 10.6. The normalized spacial score (nSPS) is 12.9. The summed E-state index contributed by atoms with van der Waals surface area (Å²) in [7, 11) is 4.03. The molecule has 4 N–H and O–H groups in total. The van der Waals surface area contributed by atoms with Crippen LogP contribution in [0.4, 0.5) is 14.6 Å². The lowest BCUT2D eigenvalue weighted by Gasteiger charge is -2.16. The third kappa shape index (κ3) is 6.61. The number of primary amides is 1. The maximum Gasteiger partial charge on any atom is 0.263 e. The van der Waals surface area contributed by atoms with Gasteiger partial charge in [0, 0.05) is 35.7 Å². The van der Waals surface area contributed by atoms with Crippen LogP contribution in [0.1, 0.15) is 29.8 Å². The maximum absolute atomic E-state index is 13.2. The summed E-state index contributed by atoms with van der Waals surface area (Å²) in [5.74, 6) is -3.17. The number of nitrogens with zero attached hydrogens (tertiary/aromatic N) is 2. The van der Waals surface area contributed by atoms with Gasteiger partial charge in [0.2, 0.25) is 0 Å². The van der Waals surface area contributed by atoms with Crippen LogP contribution in [0.25, 0.3) is 21.6 Å². The van der Waals surface area contributed by atoms with Gasteiger partial charge in [-0.15, -0.1) is 11.3 Å². The number of rotatable bonds is 9. The average molecular weight is 487 g/mol. The third-order valence-corrected chi connectivity index (χ3v) is 5.91. The summed E-state index contributed by atoms with van der Waals surface area (Å²) in [6, 6.07) is 8.90. The van der Waals surface area contributed by atoms with E-state index in [1.54, 1.807) is 36.6 Å². The van der Waals surface area contributed by atoms with E-state index in [1.807, 2.05) is 20.2 Å². The van der Waals surface area contributed by atoms with Gasteiger partial charge in [-0.1, -0.05) is 6.07 Å². The minimum Gasteiger partial charge on any atom is -0.486 e. The molecule has 34 heavy (non-hydrogen) atoms. The Morgan fingerprint density at radius 2 is 2.00 bits per heavy atom. The van der Waals surface area contributed by atoms with Gasteiger partial charge < -0.3 is 21.1 Å².